The molecule has 4 rings (SSSR count). The van der Waals surface area contributed by atoms with E-state index in [1.165, 1.54) is 12.4 Å². The van der Waals surface area contributed by atoms with Crippen molar-refractivity contribution in [2.75, 3.05) is 36.0 Å². The standard InChI is InChI=1S/C20H23FN6/c1-13(2)19-24-14(3)11-17(25-19)26-7-9-27(10-8-26)20-15-5-4-6-16(21)18(15)22-12-23-20/h4-6,11-13H,7-10H2,1-3H3. The normalized spacial score (nSPS) is 15.0. The third-order valence-corrected chi connectivity index (χ3v) is 4.87. The Hall–Kier alpha value is -2.83. The number of hydrogen-bond acceptors (Lipinski definition) is 6. The van der Waals surface area contributed by atoms with Crippen molar-refractivity contribution in [3.63, 3.8) is 0 Å². The van der Waals surface area contributed by atoms with Crippen LogP contribution in [0, 0.1) is 12.7 Å². The molecule has 1 saturated heterocycles. The van der Waals surface area contributed by atoms with E-state index in [9.17, 15) is 4.39 Å². The Bertz CT molecular complexity index is 966. The predicted molar refractivity (Wildman–Crippen MR) is 105 cm³/mol. The lowest BCUT2D eigenvalue weighted by molar-refractivity contribution is 0.631. The fourth-order valence-electron chi connectivity index (χ4n) is 3.43. The van der Waals surface area contributed by atoms with Gasteiger partial charge in [0.15, 0.2) is 0 Å². The Balaban J connectivity index is 1.56. The number of hydrogen-bond donors (Lipinski definition) is 0. The highest BCUT2D eigenvalue weighted by molar-refractivity contribution is 5.89. The predicted octanol–water partition coefficient (Wildman–Crippen LogP) is 3.32. The summed E-state index contributed by atoms with van der Waals surface area (Å²) in [6.45, 7) is 9.47. The fourth-order valence-corrected chi connectivity index (χ4v) is 3.43. The van der Waals surface area contributed by atoms with Gasteiger partial charge in [0.2, 0.25) is 0 Å². The Morgan fingerprint density at radius 2 is 1.74 bits per heavy atom. The molecule has 140 valence electrons. The minimum Gasteiger partial charge on any atom is -0.353 e. The zero-order chi connectivity index (χ0) is 19.0. The molecule has 0 atom stereocenters. The second kappa shape index (κ2) is 7.06. The van der Waals surface area contributed by atoms with Gasteiger partial charge in [0.25, 0.3) is 0 Å². The van der Waals surface area contributed by atoms with Crippen LogP contribution in [0.3, 0.4) is 0 Å². The highest BCUT2D eigenvalue weighted by atomic mass is 19.1. The van der Waals surface area contributed by atoms with E-state index in [4.69, 9.17) is 4.98 Å². The van der Waals surface area contributed by atoms with Gasteiger partial charge >= 0.3 is 0 Å². The van der Waals surface area contributed by atoms with Crippen LogP contribution in [0.5, 0.6) is 0 Å². The fraction of sp³-hybridized carbons (Fsp3) is 0.400. The first-order valence-electron chi connectivity index (χ1n) is 9.27. The number of aryl methyl sites for hydroxylation is 1. The van der Waals surface area contributed by atoms with Crippen LogP contribution in [0.2, 0.25) is 0 Å². The average molecular weight is 366 g/mol. The molecule has 27 heavy (non-hydrogen) atoms. The number of nitrogens with zero attached hydrogens (tertiary/aromatic N) is 6. The van der Waals surface area contributed by atoms with Gasteiger partial charge in [-0.15, -0.1) is 0 Å². The molecular weight excluding hydrogens is 343 g/mol. The van der Waals surface area contributed by atoms with Gasteiger partial charge in [0, 0.05) is 49.2 Å². The van der Waals surface area contributed by atoms with Crippen molar-refractivity contribution < 1.29 is 4.39 Å². The molecule has 1 aliphatic rings. The first-order chi connectivity index (χ1) is 13.0. The lowest BCUT2D eigenvalue weighted by atomic mass is 10.2. The van der Waals surface area contributed by atoms with Gasteiger partial charge in [-0.1, -0.05) is 19.9 Å². The number of halogens is 1. The summed E-state index contributed by atoms with van der Waals surface area (Å²) in [6, 6.07) is 7.05. The minimum atomic E-state index is -0.313. The second-order valence-corrected chi connectivity index (χ2v) is 7.19. The van der Waals surface area contributed by atoms with Crippen molar-refractivity contribution in [2.24, 2.45) is 0 Å². The molecule has 3 aromatic rings. The van der Waals surface area contributed by atoms with Gasteiger partial charge in [-0.05, 0) is 19.1 Å². The molecular formula is C20H23FN6. The largest absolute Gasteiger partial charge is 0.353 e. The molecule has 0 radical (unpaired) electrons. The van der Waals surface area contributed by atoms with Crippen LogP contribution >= 0.6 is 0 Å². The summed E-state index contributed by atoms with van der Waals surface area (Å²) >= 11 is 0. The Morgan fingerprint density at radius 3 is 2.48 bits per heavy atom. The molecule has 6 nitrogen and oxygen atoms in total. The molecule has 0 aliphatic carbocycles. The molecule has 0 amide bonds. The molecule has 0 saturated carbocycles. The van der Waals surface area contributed by atoms with E-state index in [1.807, 2.05) is 19.1 Å². The number of anilines is 2. The highest BCUT2D eigenvalue weighted by Crippen LogP contribution is 2.26. The summed E-state index contributed by atoms with van der Waals surface area (Å²) in [6.07, 6.45) is 1.44. The van der Waals surface area contributed by atoms with Gasteiger partial charge < -0.3 is 9.80 Å². The van der Waals surface area contributed by atoms with E-state index < -0.39 is 0 Å². The maximum atomic E-state index is 14.0. The van der Waals surface area contributed by atoms with Gasteiger partial charge in [-0.2, -0.15) is 0 Å². The van der Waals surface area contributed by atoms with Crippen molar-refractivity contribution in [1.82, 2.24) is 19.9 Å². The van der Waals surface area contributed by atoms with Crippen molar-refractivity contribution in [2.45, 2.75) is 26.7 Å². The van der Waals surface area contributed by atoms with E-state index >= 15 is 0 Å². The summed E-state index contributed by atoms with van der Waals surface area (Å²) in [5, 5.41) is 0.755. The molecule has 0 spiro atoms. The molecule has 2 aromatic heterocycles. The summed E-state index contributed by atoms with van der Waals surface area (Å²) in [4.78, 5) is 22.3. The van der Waals surface area contributed by atoms with Crippen LogP contribution < -0.4 is 9.80 Å². The third-order valence-electron chi connectivity index (χ3n) is 4.87. The van der Waals surface area contributed by atoms with Gasteiger partial charge in [0.05, 0.1) is 0 Å². The average Bonchev–Trinajstić information content (AvgIpc) is 2.67. The number of fused-ring (bicyclic) bond motifs is 1. The number of rotatable bonds is 3. The quantitative estimate of drug-likeness (QED) is 0.709. The molecule has 1 aliphatic heterocycles. The monoisotopic (exact) mass is 366 g/mol. The van der Waals surface area contributed by atoms with E-state index in [2.05, 4.69) is 38.6 Å². The van der Waals surface area contributed by atoms with Crippen LogP contribution in [0.1, 0.15) is 31.3 Å². The minimum absolute atomic E-state index is 0.298. The first kappa shape index (κ1) is 17.6. The summed E-state index contributed by atoms with van der Waals surface area (Å²) in [5.74, 6) is 2.63. The zero-order valence-electron chi connectivity index (χ0n) is 15.9. The molecule has 0 bridgehead atoms. The second-order valence-electron chi connectivity index (χ2n) is 7.19. The number of piperazine rings is 1. The van der Waals surface area contributed by atoms with Crippen molar-refractivity contribution in [3.8, 4) is 0 Å². The molecule has 0 unspecified atom stereocenters. The lowest BCUT2D eigenvalue weighted by Gasteiger charge is -2.36. The third kappa shape index (κ3) is 3.41. The van der Waals surface area contributed by atoms with Gasteiger partial charge in [0.1, 0.15) is 35.1 Å². The van der Waals surface area contributed by atoms with E-state index in [0.717, 1.165) is 54.7 Å². The van der Waals surface area contributed by atoms with E-state index in [1.54, 1.807) is 6.07 Å². The Morgan fingerprint density at radius 1 is 1.00 bits per heavy atom. The first-order valence-corrected chi connectivity index (χ1v) is 9.27. The summed E-state index contributed by atoms with van der Waals surface area (Å²) in [7, 11) is 0. The van der Waals surface area contributed by atoms with Crippen LogP contribution in [0.4, 0.5) is 16.0 Å². The SMILES string of the molecule is Cc1cc(N2CCN(c3ncnc4c(F)cccc34)CC2)nc(C(C)C)n1. The maximum Gasteiger partial charge on any atom is 0.149 e. The van der Waals surface area contributed by atoms with Crippen LogP contribution in [0.25, 0.3) is 10.9 Å². The number of aromatic nitrogens is 4. The van der Waals surface area contributed by atoms with E-state index in [-0.39, 0.29) is 5.82 Å². The molecule has 1 fully saturated rings. The zero-order valence-corrected chi connectivity index (χ0v) is 15.9. The topological polar surface area (TPSA) is 58.0 Å². The van der Waals surface area contributed by atoms with Crippen LogP contribution in [-0.2, 0) is 0 Å². The maximum absolute atomic E-state index is 14.0. The van der Waals surface area contributed by atoms with Crippen molar-refractivity contribution in [3.05, 3.63) is 47.9 Å². The number of benzene rings is 1. The molecule has 1 aromatic carbocycles. The highest BCUT2D eigenvalue weighted by Gasteiger charge is 2.22. The smallest absolute Gasteiger partial charge is 0.149 e. The lowest BCUT2D eigenvalue weighted by Crippen LogP contribution is -2.47. The Labute approximate surface area is 158 Å². The molecule has 0 N–H and O–H groups in total. The van der Waals surface area contributed by atoms with Crippen molar-refractivity contribution in [1.29, 1.82) is 0 Å². The molecule has 7 heteroatoms. The van der Waals surface area contributed by atoms with Crippen LogP contribution in [-0.4, -0.2) is 46.1 Å². The van der Waals surface area contributed by atoms with Gasteiger partial charge in [-0.25, -0.2) is 24.3 Å². The number of para-hydroxylation sites is 1. The Kier molecular flexibility index (Phi) is 4.59. The summed E-state index contributed by atoms with van der Waals surface area (Å²) < 4.78 is 14.0. The van der Waals surface area contributed by atoms with Crippen molar-refractivity contribution >= 4 is 22.5 Å². The van der Waals surface area contributed by atoms with Gasteiger partial charge in [-0.3, -0.25) is 0 Å². The summed E-state index contributed by atoms with van der Waals surface area (Å²) in [5.41, 5.74) is 1.36. The van der Waals surface area contributed by atoms with E-state index in [0.29, 0.717) is 11.4 Å². The molecule has 3 heterocycles. The van der Waals surface area contributed by atoms with Crippen LogP contribution in [0.15, 0.2) is 30.6 Å².